The smallest absolute Gasteiger partial charge is 0.270 e. The monoisotopic (exact) mass is 481 g/mol. The summed E-state index contributed by atoms with van der Waals surface area (Å²) in [4.78, 5) is 4.29. The van der Waals surface area contributed by atoms with E-state index in [1.807, 2.05) is 24.3 Å². The summed E-state index contributed by atoms with van der Waals surface area (Å²) in [6.07, 6.45) is 4.01. The highest BCUT2D eigenvalue weighted by Crippen LogP contribution is 2.42. The van der Waals surface area contributed by atoms with E-state index >= 15 is 0 Å². The Morgan fingerprint density at radius 1 is 1.09 bits per heavy atom. The number of aromatic nitrogens is 2. The van der Waals surface area contributed by atoms with Crippen LogP contribution in [0.1, 0.15) is 23.2 Å². The van der Waals surface area contributed by atoms with Crippen LogP contribution >= 0.6 is 0 Å². The lowest BCUT2D eigenvalue weighted by molar-refractivity contribution is 0.291. The molecule has 0 unspecified atom stereocenters. The lowest BCUT2D eigenvalue weighted by Crippen LogP contribution is -2.16. The lowest BCUT2D eigenvalue weighted by atomic mass is 9.94. The van der Waals surface area contributed by atoms with Crippen molar-refractivity contribution in [3.8, 4) is 17.2 Å². The molecule has 1 aliphatic rings. The summed E-state index contributed by atoms with van der Waals surface area (Å²) in [6, 6.07) is 12.4. The summed E-state index contributed by atoms with van der Waals surface area (Å²) < 4.78 is 51.4. The standard InChI is InChI=1S/C24H23N3O6S/c1-30-18-9-5-10-19(31-2)23(18)34(28,29)27-24-21-20(33-26-24)14-15(13-16-7-3-4-11-25-16)17-8-6-12-32-22(17)21/h3-5,7,9-11,14H,6,8,12-13H2,1-2H3,(H,26,27). The molecule has 4 aromatic rings. The Morgan fingerprint density at radius 3 is 2.59 bits per heavy atom. The molecule has 1 aliphatic heterocycles. The van der Waals surface area contributed by atoms with Gasteiger partial charge in [-0.25, -0.2) is 8.42 Å². The largest absolute Gasteiger partial charge is 0.495 e. The lowest BCUT2D eigenvalue weighted by Gasteiger charge is -2.21. The van der Waals surface area contributed by atoms with Gasteiger partial charge in [0, 0.05) is 18.3 Å². The zero-order chi connectivity index (χ0) is 23.7. The normalized spacial score (nSPS) is 13.2. The SMILES string of the molecule is COc1cccc(OC)c1S(=O)(=O)Nc1noc2cc(Cc3ccccn3)c3c(c12)OCCC3. The number of pyridine rings is 1. The van der Waals surface area contributed by atoms with Crippen LogP contribution in [0.3, 0.4) is 0 Å². The predicted octanol–water partition coefficient (Wildman–Crippen LogP) is 3.96. The highest BCUT2D eigenvalue weighted by molar-refractivity contribution is 7.93. The number of hydrogen-bond acceptors (Lipinski definition) is 8. The Balaban J connectivity index is 1.60. The van der Waals surface area contributed by atoms with Crippen LogP contribution in [0, 0.1) is 0 Å². The minimum atomic E-state index is -4.13. The number of anilines is 1. The molecule has 0 spiro atoms. The number of nitrogens with zero attached hydrogens (tertiary/aromatic N) is 2. The first-order valence-electron chi connectivity index (χ1n) is 10.7. The van der Waals surface area contributed by atoms with E-state index in [0.717, 1.165) is 29.7 Å². The van der Waals surface area contributed by atoms with Crippen molar-refractivity contribution in [3.05, 3.63) is 65.5 Å². The molecule has 0 saturated carbocycles. The van der Waals surface area contributed by atoms with E-state index in [4.69, 9.17) is 18.7 Å². The van der Waals surface area contributed by atoms with Gasteiger partial charge in [-0.1, -0.05) is 17.3 Å². The number of benzene rings is 2. The second kappa shape index (κ2) is 8.86. The van der Waals surface area contributed by atoms with Crippen molar-refractivity contribution in [2.75, 3.05) is 25.5 Å². The van der Waals surface area contributed by atoms with Crippen LogP contribution in [0.5, 0.6) is 17.2 Å². The fraction of sp³-hybridized carbons (Fsp3) is 0.250. The Morgan fingerprint density at radius 2 is 1.88 bits per heavy atom. The fourth-order valence-corrected chi connectivity index (χ4v) is 5.53. The van der Waals surface area contributed by atoms with E-state index in [2.05, 4.69) is 14.9 Å². The van der Waals surface area contributed by atoms with Gasteiger partial charge < -0.3 is 18.7 Å². The topological polar surface area (TPSA) is 113 Å². The zero-order valence-corrected chi connectivity index (χ0v) is 19.5. The van der Waals surface area contributed by atoms with E-state index in [1.54, 1.807) is 24.4 Å². The molecule has 0 amide bonds. The molecule has 0 fully saturated rings. The van der Waals surface area contributed by atoms with Gasteiger partial charge >= 0.3 is 0 Å². The quantitative estimate of drug-likeness (QED) is 0.422. The van der Waals surface area contributed by atoms with Crippen LogP contribution < -0.4 is 18.9 Å². The third-order valence-electron chi connectivity index (χ3n) is 5.71. The van der Waals surface area contributed by atoms with E-state index in [0.29, 0.717) is 29.7 Å². The van der Waals surface area contributed by atoms with Crippen molar-refractivity contribution in [2.45, 2.75) is 24.2 Å². The number of sulfonamides is 1. The fourth-order valence-electron chi connectivity index (χ4n) is 4.20. The highest BCUT2D eigenvalue weighted by Gasteiger charge is 2.30. The number of nitrogens with one attached hydrogen (secondary N) is 1. The van der Waals surface area contributed by atoms with E-state index in [9.17, 15) is 8.42 Å². The van der Waals surface area contributed by atoms with Gasteiger partial charge in [-0.2, -0.15) is 0 Å². The molecule has 34 heavy (non-hydrogen) atoms. The maximum absolute atomic E-state index is 13.4. The van der Waals surface area contributed by atoms with Crippen LogP contribution in [0.2, 0.25) is 0 Å². The van der Waals surface area contributed by atoms with Crippen molar-refractivity contribution in [1.82, 2.24) is 10.1 Å². The Hall–Kier alpha value is -3.79. The average molecular weight is 482 g/mol. The molecule has 0 saturated heterocycles. The molecule has 0 radical (unpaired) electrons. The predicted molar refractivity (Wildman–Crippen MR) is 125 cm³/mol. The molecule has 0 atom stereocenters. The Kier molecular flexibility index (Phi) is 5.74. The summed E-state index contributed by atoms with van der Waals surface area (Å²) in [5.74, 6) is 0.928. The van der Waals surface area contributed by atoms with Gasteiger partial charge in [-0.05, 0) is 54.3 Å². The van der Waals surface area contributed by atoms with Gasteiger partial charge in [0.05, 0.1) is 20.8 Å². The first kappa shape index (κ1) is 22.0. The Labute approximate surface area is 196 Å². The zero-order valence-electron chi connectivity index (χ0n) is 18.7. The third kappa shape index (κ3) is 3.90. The summed E-state index contributed by atoms with van der Waals surface area (Å²) in [5, 5.41) is 4.51. The summed E-state index contributed by atoms with van der Waals surface area (Å²) in [5.41, 5.74) is 3.36. The molecule has 176 valence electrons. The highest BCUT2D eigenvalue weighted by atomic mass is 32.2. The van der Waals surface area contributed by atoms with E-state index in [1.165, 1.54) is 14.2 Å². The van der Waals surface area contributed by atoms with Gasteiger partial charge in [0.1, 0.15) is 22.6 Å². The molecule has 9 nitrogen and oxygen atoms in total. The number of ether oxygens (including phenoxy) is 3. The molecule has 1 N–H and O–H groups in total. The van der Waals surface area contributed by atoms with Crippen LogP contribution in [-0.2, 0) is 22.9 Å². The third-order valence-corrected chi connectivity index (χ3v) is 7.11. The van der Waals surface area contributed by atoms with Crippen LogP contribution in [-0.4, -0.2) is 39.4 Å². The first-order valence-corrected chi connectivity index (χ1v) is 12.2. The van der Waals surface area contributed by atoms with Gasteiger partial charge in [0.25, 0.3) is 10.0 Å². The van der Waals surface area contributed by atoms with Crippen molar-refractivity contribution < 1.29 is 27.2 Å². The number of hydrogen-bond donors (Lipinski definition) is 1. The maximum atomic E-state index is 13.4. The molecule has 3 heterocycles. The number of rotatable bonds is 7. The van der Waals surface area contributed by atoms with Crippen molar-refractivity contribution in [1.29, 1.82) is 0 Å². The van der Waals surface area contributed by atoms with Crippen LogP contribution in [0.4, 0.5) is 5.82 Å². The Bertz CT molecular complexity index is 1430. The molecular formula is C24H23N3O6S. The van der Waals surface area contributed by atoms with Gasteiger partial charge in [0.15, 0.2) is 16.3 Å². The van der Waals surface area contributed by atoms with Crippen molar-refractivity contribution in [2.24, 2.45) is 0 Å². The van der Waals surface area contributed by atoms with Crippen molar-refractivity contribution >= 4 is 26.8 Å². The molecule has 2 aromatic heterocycles. The van der Waals surface area contributed by atoms with Crippen molar-refractivity contribution in [3.63, 3.8) is 0 Å². The maximum Gasteiger partial charge on any atom is 0.270 e. The molecule has 2 aromatic carbocycles. The van der Waals surface area contributed by atoms with Gasteiger partial charge in [-0.15, -0.1) is 0 Å². The minimum absolute atomic E-state index is 0.0468. The molecule has 0 aliphatic carbocycles. The summed E-state index contributed by atoms with van der Waals surface area (Å²) in [6.45, 7) is 0.521. The molecule has 0 bridgehead atoms. The van der Waals surface area contributed by atoms with Gasteiger partial charge in [0.2, 0.25) is 0 Å². The number of fused-ring (bicyclic) bond motifs is 3. The van der Waals surface area contributed by atoms with Crippen LogP contribution in [0.15, 0.2) is 58.1 Å². The van der Waals surface area contributed by atoms with E-state index in [-0.39, 0.29) is 22.2 Å². The van der Waals surface area contributed by atoms with Crippen LogP contribution in [0.25, 0.3) is 11.0 Å². The molecule has 5 rings (SSSR count). The second-order valence-corrected chi connectivity index (χ2v) is 9.41. The minimum Gasteiger partial charge on any atom is -0.495 e. The van der Waals surface area contributed by atoms with E-state index < -0.39 is 10.0 Å². The van der Waals surface area contributed by atoms with Gasteiger partial charge in [-0.3, -0.25) is 9.71 Å². The number of methoxy groups -OCH3 is 2. The molecule has 10 heteroatoms. The second-order valence-electron chi connectivity index (χ2n) is 7.79. The first-order chi connectivity index (χ1) is 16.5. The average Bonchev–Trinajstić information content (AvgIpc) is 3.26. The molecular weight excluding hydrogens is 458 g/mol. The summed E-state index contributed by atoms with van der Waals surface area (Å²) in [7, 11) is -1.34. The summed E-state index contributed by atoms with van der Waals surface area (Å²) >= 11 is 0.